The first-order chi connectivity index (χ1) is 12.4. The summed E-state index contributed by atoms with van der Waals surface area (Å²) in [4.78, 5) is 12.3. The highest BCUT2D eigenvalue weighted by atomic mass is 32.2. The maximum atomic E-state index is 12.4. The van der Waals surface area contributed by atoms with E-state index in [2.05, 4.69) is 5.32 Å². The predicted molar refractivity (Wildman–Crippen MR) is 97.6 cm³/mol. The third-order valence-corrected chi connectivity index (χ3v) is 8.07. The number of fused-ring (bicyclic) bond motifs is 5. The number of amides is 1. The van der Waals surface area contributed by atoms with Gasteiger partial charge in [-0.1, -0.05) is 18.6 Å². The molecule has 3 aliphatic carbocycles. The Labute approximate surface area is 154 Å². The normalized spacial score (nSPS) is 32.2. The van der Waals surface area contributed by atoms with Gasteiger partial charge in [-0.2, -0.15) is 5.26 Å². The summed E-state index contributed by atoms with van der Waals surface area (Å²) in [6.45, 7) is 0. The Kier molecular flexibility index (Phi) is 4.52. The first-order valence-electron chi connectivity index (χ1n) is 9.44. The Morgan fingerprint density at radius 2 is 1.85 bits per heavy atom. The number of hydrogen-bond donors (Lipinski definition) is 1. The minimum atomic E-state index is -3.52. The molecule has 1 aromatic rings. The minimum Gasteiger partial charge on any atom is -0.352 e. The van der Waals surface area contributed by atoms with Crippen LogP contribution in [0.25, 0.3) is 0 Å². The van der Waals surface area contributed by atoms with Crippen molar-refractivity contribution in [2.75, 3.05) is 5.75 Å². The molecule has 4 rings (SSSR count). The highest BCUT2D eigenvalue weighted by Gasteiger charge is 2.54. The highest BCUT2D eigenvalue weighted by Crippen LogP contribution is 2.58. The van der Waals surface area contributed by atoms with Crippen LogP contribution >= 0.6 is 0 Å². The topological polar surface area (TPSA) is 87.0 Å². The summed E-state index contributed by atoms with van der Waals surface area (Å²) in [5, 5.41) is 11.8. The number of benzene rings is 1. The van der Waals surface area contributed by atoms with E-state index in [0.29, 0.717) is 17.0 Å². The first-order valence-corrected chi connectivity index (χ1v) is 11.3. The van der Waals surface area contributed by atoms with Crippen LogP contribution in [0.15, 0.2) is 24.3 Å². The largest absolute Gasteiger partial charge is 0.352 e. The number of rotatable bonds is 5. The lowest BCUT2D eigenvalue weighted by Gasteiger charge is -2.32. The molecule has 3 aliphatic rings. The third kappa shape index (κ3) is 3.37. The summed E-state index contributed by atoms with van der Waals surface area (Å²) >= 11 is 0. The van der Waals surface area contributed by atoms with E-state index in [-0.39, 0.29) is 17.7 Å². The molecule has 2 bridgehead atoms. The van der Waals surface area contributed by atoms with Crippen LogP contribution in [-0.2, 0) is 20.4 Å². The number of carbonyl (C=O) groups excluding carboxylic acids is 1. The number of nitrogens with one attached hydrogen (secondary N) is 1. The molecular formula is C20H24N2O3S. The van der Waals surface area contributed by atoms with E-state index in [1.165, 1.54) is 25.7 Å². The molecule has 6 heteroatoms. The van der Waals surface area contributed by atoms with Crippen molar-refractivity contribution in [1.29, 1.82) is 5.26 Å². The summed E-state index contributed by atoms with van der Waals surface area (Å²) in [6.07, 6.45) is 6.15. The zero-order valence-corrected chi connectivity index (χ0v) is 15.5. The zero-order chi connectivity index (χ0) is 18.3. The summed E-state index contributed by atoms with van der Waals surface area (Å²) in [5.74, 6) is 1.88. The van der Waals surface area contributed by atoms with Crippen molar-refractivity contribution >= 4 is 15.7 Å². The fourth-order valence-corrected chi connectivity index (χ4v) is 6.95. The molecular weight excluding hydrogens is 348 g/mol. The summed E-state index contributed by atoms with van der Waals surface area (Å²) in [7, 11) is -3.52. The molecule has 5 atom stereocenters. The number of carbonyl (C=O) groups is 1. The van der Waals surface area contributed by atoms with Gasteiger partial charge in [0, 0.05) is 6.04 Å². The Bertz CT molecular complexity index is 841. The van der Waals surface area contributed by atoms with Crippen LogP contribution in [0.2, 0.25) is 0 Å². The van der Waals surface area contributed by atoms with Crippen LogP contribution in [0, 0.1) is 35.0 Å². The van der Waals surface area contributed by atoms with Gasteiger partial charge in [-0.15, -0.1) is 0 Å². The molecule has 0 spiro atoms. The lowest BCUT2D eigenvalue weighted by molar-refractivity contribution is -0.119. The predicted octanol–water partition coefficient (Wildman–Crippen LogP) is 2.41. The zero-order valence-electron chi connectivity index (χ0n) is 14.7. The van der Waals surface area contributed by atoms with Crippen molar-refractivity contribution in [3.8, 4) is 6.07 Å². The smallest absolute Gasteiger partial charge is 0.235 e. The van der Waals surface area contributed by atoms with Crippen molar-refractivity contribution in [3.05, 3.63) is 35.4 Å². The second kappa shape index (κ2) is 6.70. The summed E-state index contributed by atoms with van der Waals surface area (Å²) in [6, 6.07) is 8.62. The number of sulfone groups is 1. The van der Waals surface area contributed by atoms with Gasteiger partial charge in [-0.05, 0) is 67.1 Å². The van der Waals surface area contributed by atoms with E-state index in [9.17, 15) is 13.2 Å². The van der Waals surface area contributed by atoms with Crippen LogP contribution < -0.4 is 5.32 Å². The summed E-state index contributed by atoms with van der Waals surface area (Å²) in [5.41, 5.74) is 1.09. The molecule has 3 saturated carbocycles. The number of nitrogens with zero attached hydrogens (tertiary/aromatic N) is 1. The molecule has 0 heterocycles. The standard InChI is InChI=1S/C20H24N2O3S/c21-10-13-4-6-14(7-5-13)11-26(24,25)12-20(23)22-19-9-15-8-18(19)17-3-1-2-16(15)17/h4-7,15-19H,1-3,8-9,11-12H2,(H,22,23)/t15-,16-,17+,18+,19-/m1/s1. The van der Waals surface area contributed by atoms with Gasteiger partial charge in [0.2, 0.25) is 5.91 Å². The maximum Gasteiger partial charge on any atom is 0.235 e. The van der Waals surface area contributed by atoms with Gasteiger partial charge in [0.25, 0.3) is 0 Å². The van der Waals surface area contributed by atoms with Gasteiger partial charge in [-0.3, -0.25) is 4.79 Å². The second-order valence-corrected chi connectivity index (χ2v) is 10.2. The Balaban J connectivity index is 1.33. The fourth-order valence-electron chi connectivity index (χ4n) is 5.66. The molecule has 0 radical (unpaired) electrons. The molecule has 1 aromatic carbocycles. The fraction of sp³-hybridized carbons (Fsp3) is 0.600. The molecule has 5 nitrogen and oxygen atoms in total. The Morgan fingerprint density at radius 3 is 2.58 bits per heavy atom. The van der Waals surface area contributed by atoms with E-state index in [1.54, 1.807) is 24.3 Å². The van der Waals surface area contributed by atoms with Crippen molar-refractivity contribution in [2.24, 2.45) is 23.7 Å². The monoisotopic (exact) mass is 372 g/mol. The minimum absolute atomic E-state index is 0.164. The molecule has 1 N–H and O–H groups in total. The maximum absolute atomic E-state index is 12.4. The van der Waals surface area contributed by atoms with Gasteiger partial charge < -0.3 is 5.32 Å². The van der Waals surface area contributed by atoms with Crippen molar-refractivity contribution in [2.45, 2.75) is 43.9 Å². The number of hydrogen-bond acceptors (Lipinski definition) is 4. The highest BCUT2D eigenvalue weighted by molar-refractivity contribution is 7.91. The average Bonchev–Trinajstić information content (AvgIpc) is 3.27. The van der Waals surface area contributed by atoms with Crippen LogP contribution in [0.1, 0.15) is 43.2 Å². The van der Waals surface area contributed by atoms with Gasteiger partial charge >= 0.3 is 0 Å². The Hall–Kier alpha value is -1.87. The molecule has 0 saturated heterocycles. The van der Waals surface area contributed by atoms with Gasteiger partial charge in [0.05, 0.1) is 17.4 Å². The lowest BCUT2D eigenvalue weighted by Crippen LogP contribution is -2.44. The van der Waals surface area contributed by atoms with Crippen molar-refractivity contribution < 1.29 is 13.2 Å². The van der Waals surface area contributed by atoms with Crippen LogP contribution in [0.5, 0.6) is 0 Å². The average molecular weight is 372 g/mol. The van der Waals surface area contributed by atoms with E-state index in [1.807, 2.05) is 6.07 Å². The van der Waals surface area contributed by atoms with Gasteiger partial charge in [0.1, 0.15) is 5.75 Å². The molecule has 3 fully saturated rings. The molecule has 138 valence electrons. The van der Waals surface area contributed by atoms with E-state index in [0.717, 1.165) is 24.2 Å². The summed E-state index contributed by atoms with van der Waals surface area (Å²) < 4.78 is 24.7. The Morgan fingerprint density at radius 1 is 1.12 bits per heavy atom. The van der Waals surface area contributed by atoms with Crippen LogP contribution in [0.4, 0.5) is 0 Å². The quantitative estimate of drug-likeness (QED) is 0.860. The molecule has 26 heavy (non-hydrogen) atoms. The van der Waals surface area contributed by atoms with Crippen LogP contribution in [0.3, 0.4) is 0 Å². The van der Waals surface area contributed by atoms with Gasteiger partial charge in [0.15, 0.2) is 9.84 Å². The van der Waals surface area contributed by atoms with E-state index in [4.69, 9.17) is 5.26 Å². The van der Waals surface area contributed by atoms with E-state index >= 15 is 0 Å². The molecule has 0 unspecified atom stereocenters. The first kappa shape index (κ1) is 17.5. The molecule has 0 aromatic heterocycles. The van der Waals surface area contributed by atoms with Crippen LogP contribution in [-0.4, -0.2) is 26.1 Å². The third-order valence-electron chi connectivity index (χ3n) is 6.60. The van der Waals surface area contributed by atoms with Gasteiger partial charge in [-0.25, -0.2) is 8.42 Å². The van der Waals surface area contributed by atoms with Crippen molar-refractivity contribution in [3.63, 3.8) is 0 Å². The second-order valence-electron chi connectivity index (χ2n) is 8.17. The number of nitriles is 1. The van der Waals surface area contributed by atoms with E-state index < -0.39 is 15.6 Å². The lowest BCUT2D eigenvalue weighted by atomic mass is 9.79. The van der Waals surface area contributed by atoms with Crippen molar-refractivity contribution in [1.82, 2.24) is 5.32 Å². The molecule has 0 aliphatic heterocycles. The SMILES string of the molecule is N#Cc1ccc(CS(=O)(=O)CC(=O)N[C@@H]2C[C@H]3C[C@H]2[C@H]2CCC[C@H]32)cc1. The molecule has 1 amide bonds.